The quantitative estimate of drug-likeness (QED) is 0.126. The normalized spacial score (nSPS) is 12.4. The smallest absolute Gasteiger partial charge is 0.296 e. The minimum Gasteiger partial charge on any atom is -0.506 e. The van der Waals surface area contributed by atoms with Crippen molar-refractivity contribution in [3.05, 3.63) is 60.7 Å². The Morgan fingerprint density at radius 3 is 2.05 bits per heavy atom. The van der Waals surface area contributed by atoms with Crippen molar-refractivity contribution in [2.75, 3.05) is 19.5 Å². The molecule has 208 valence electrons. The summed E-state index contributed by atoms with van der Waals surface area (Å²) in [5, 5.41) is 40.3. The van der Waals surface area contributed by atoms with Gasteiger partial charge < -0.3 is 20.3 Å². The van der Waals surface area contributed by atoms with Gasteiger partial charge in [0.1, 0.15) is 33.5 Å². The van der Waals surface area contributed by atoms with Gasteiger partial charge >= 0.3 is 0 Å². The number of phenolic OH excluding ortho intramolecular Hbond substituents is 2. The lowest BCUT2D eigenvalue weighted by molar-refractivity contribution is 0.413. The van der Waals surface area contributed by atoms with E-state index in [-0.39, 0.29) is 33.1 Å². The highest BCUT2D eigenvalue weighted by Crippen LogP contribution is 2.44. The molecule has 4 aromatic carbocycles. The van der Waals surface area contributed by atoms with Gasteiger partial charge in [0.15, 0.2) is 5.75 Å². The predicted octanol–water partition coefficient (Wildman–Crippen LogP) is 5.63. The van der Waals surface area contributed by atoms with E-state index < -0.39 is 42.3 Å². The van der Waals surface area contributed by atoms with E-state index in [9.17, 15) is 31.6 Å². The summed E-state index contributed by atoms with van der Waals surface area (Å²) in [5.74, 6) is -0.955. The van der Waals surface area contributed by atoms with Crippen molar-refractivity contribution >= 4 is 59.4 Å². The van der Waals surface area contributed by atoms with Crippen molar-refractivity contribution in [2.24, 2.45) is 20.5 Å². The van der Waals surface area contributed by atoms with Crippen LogP contribution in [0.5, 0.6) is 17.2 Å². The fourth-order valence-electron chi connectivity index (χ4n) is 3.57. The Morgan fingerprint density at radius 2 is 1.45 bits per heavy atom. The van der Waals surface area contributed by atoms with Gasteiger partial charge in [0.2, 0.25) is 0 Å². The molecule has 0 spiro atoms. The van der Waals surface area contributed by atoms with Crippen LogP contribution in [0.2, 0.25) is 0 Å². The molecule has 0 saturated carbocycles. The fourth-order valence-corrected chi connectivity index (χ4v) is 4.71. The first-order chi connectivity index (χ1) is 18.8. The van der Waals surface area contributed by atoms with Crippen LogP contribution in [0.15, 0.2) is 90.9 Å². The molecule has 0 unspecified atom stereocenters. The molecular weight excluding hydrogens is 566 g/mol. The van der Waals surface area contributed by atoms with Gasteiger partial charge in [-0.3, -0.25) is 9.11 Å². The maximum atomic E-state index is 12.1. The molecule has 0 heterocycles. The van der Waals surface area contributed by atoms with E-state index >= 15 is 0 Å². The standard InChI is InChI=1S/C24H21N5O9S2/c1-25-15-5-8-17-13(9-15)10-22(40(35,36)37)23(24(17)31)29-27-18-12-21(38-2)19(11-20(18)30)28-26-14-3-6-16(7-4-14)39(32,33)34/h3-12,25,30-31H,1-2H3,(H,32,33,34)(H,35,36,37). The van der Waals surface area contributed by atoms with Crippen LogP contribution in [0.25, 0.3) is 10.8 Å². The number of hydrogen-bond acceptors (Lipinski definition) is 12. The number of ether oxygens (including phenoxy) is 1. The monoisotopic (exact) mass is 587 g/mol. The largest absolute Gasteiger partial charge is 0.506 e. The first-order valence-corrected chi connectivity index (χ1v) is 14.0. The zero-order valence-electron chi connectivity index (χ0n) is 20.7. The molecule has 40 heavy (non-hydrogen) atoms. The maximum Gasteiger partial charge on any atom is 0.296 e. The molecule has 0 bridgehead atoms. The number of fused-ring (bicyclic) bond motifs is 1. The van der Waals surface area contributed by atoms with Gasteiger partial charge in [-0.2, -0.15) is 21.9 Å². The van der Waals surface area contributed by atoms with Crippen molar-refractivity contribution in [1.82, 2.24) is 0 Å². The van der Waals surface area contributed by atoms with E-state index in [0.717, 1.165) is 24.3 Å². The minimum absolute atomic E-state index is 0.0466. The van der Waals surface area contributed by atoms with E-state index in [1.165, 1.54) is 31.4 Å². The zero-order chi connectivity index (χ0) is 29.2. The second-order valence-corrected chi connectivity index (χ2v) is 10.9. The highest BCUT2D eigenvalue weighted by atomic mass is 32.2. The zero-order valence-corrected chi connectivity index (χ0v) is 22.3. The molecule has 0 aliphatic heterocycles. The lowest BCUT2D eigenvalue weighted by Crippen LogP contribution is -1.99. The number of aromatic hydroxyl groups is 2. The summed E-state index contributed by atoms with van der Waals surface area (Å²) in [6.45, 7) is 0. The average Bonchev–Trinajstić information content (AvgIpc) is 2.90. The Hall–Kier alpha value is -4.64. The van der Waals surface area contributed by atoms with Gasteiger partial charge in [0.05, 0.1) is 17.7 Å². The number of nitrogens with one attached hydrogen (secondary N) is 1. The molecule has 5 N–H and O–H groups in total. The van der Waals surface area contributed by atoms with Crippen molar-refractivity contribution < 1.29 is 40.9 Å². The minimum atomic E-state index is -4.84. The molecular formula is C24H21N5O9S2. The molecule has 0 fully saturated rings. The highest BCUT2D eigenvalue weighted by Gasteiger charge is 2.22. The summed E-state index contributed by atoms with van der Waals surface area (Å²) >= 11 is 0. The summed E-state index contributed by atoms with van der Waals surface area (Å²) in [6.07, 6.45) is 0. The molecule has 16 heteroatoms. The number of hydrogen-bond donors (Lipinski definition) is 5. The van der Waals surface area contributed by atoms with E-state index in [2.05, 4.69) is 25.8 Å². The molecule has 4 aromatic rings. The molecule has 0 amide bonds. The first kappa shape index (κ1) is 28.4. The van der Waals surface area contributed by atoms with Crippen LogP contribution >= 0.6 is 0 Å². The van der Waals surface area contributed by atoms with E-state index in [1.54, 1.807) is 19.2 Å². The fraction of sp³-hybridized carbons (Fsp3) is 0.0833. The summed E-state index contributed by atoms with van der Waals surface area (Å²) in [5.41, 5.74) is 0.156. The third kappa shape index (κ3) is 5.99. The summed E-state index contributed by atoms with van der Waals surface area (Å²) < 4.78 is 70.6. The van der Waals surface area contributed by atoms with Crippen molar-refractivity contribution in [2.45, 2.75) is 9.79 Å². The number of benzene rings is 4. The van der Waals surface area contributed by atoms with E-state index in [0.29, 0.717) is 11.1 Å². The number of nitrogens with zero attached hydrogens (tertiary/aromatic N) is 4. The molecule has 4 rings (SSSR count). The number of rotatable bonds is 8. The SMILES string of the molecule is CNc1ccc2c(O)c(N=Nc3cc(OC)c(N=Nc4ccc(S(=O)(=O)O)cc4)cc3O)c(S(=O)(=O)O)cc2c1. The third-order valence-electron chi connectivity index (χ3n) is 5.56. The first-order valence-electron chi connectivity index (χ1n) is 11.1. The molecule has 0 aromatic heterocycles. The predicted molar refractivity (Wildman–Crippen MR) is 144 cm³/mol. The maximum absolute atomic E-state index is 12.1. The second-order valence-electron chi connectivity index (χ2n) is 8.11. The highest BCUT2D eigenvalue weighted by molar-refractivity contribution is 7.86. The number of anilines is 1. The molecule has 0 saturated heterocycles. The van der Waals surface area contributed by atoms with Gasteiger partial charge in [0, 0.05) is 30.3 Å². The Bertz CT molecular complexity index is 1890. The molecule has 0 aliphatic rings. The Kier molecular flexibility index (Phi) is 7.70. The summed E-state index contributed by atoms with van der Waals surface area (Å²) in [6, 6.07) is 13.1. The summed E-state index contributed by atoms with van der Waals surface area (Å²) in [7, 11) is -6.25. The Labute approximate surface area is 227 Å². The van der Waals surface area contributed by atoms with Gasteiger partial charge in [-0.15, -0.1) is 15.3 Å². The van der Waals surface area contributed by atoms with Gasteiger partial charge in [-0.1, -0.05) is 0 Å². The number of phenols is 2. The second kappa shape index (κ2) is 10.9. The number of azo groups is 2. The average molecular weight is 588 g/mol. The molecule has 0 radical (unpaired) electrons. The molecule has 0 atom stereocenters. The molecule has 14 nitrogen and oxygen atoms in total. The van der Waals surface area contributed by atoms with Crippen LogP contribution in [0.1, 0.15) is 0 Å². The van der Waals surface area contributed by atoms with Gasteiger partial charge in [0.25, 0.3) is 20.2 Å². The molecule has 0 aliphatic carbocycles. The van der Waals surface area contributed by atoms with Crippen LogP contribution in [-0.4, -0.2) is 50.3 Å². The summed E-state index contributed by atoms with van der Waals surface area (Å²) in [4.78, 5) is -1.03. The van der Waals surface area contributed by atoms with Crippen molar-refractivity contribution in [1.29, 1.82) is 0 Å². The van der Waals surface area contributed by atoms with E-state index in [4.69, 9.17) is 9.29 Å². The lowest BCUT2D eigenvalue weighted by Gasteiger charge is -2.10. The van der Waals surface area contributed by atoms with Crippen molar-refractivity contribution in [3.63, 3.8) is 0 Å². The van der Waals surface area contributed by atoms with Crippen LogP contribution in [-0.2, 0) is 20.2 Å². The van der Waals surface area contributed by atoms with Gasteiger partial charge in [-0.25, -0.2) is 0 Å². The Balaban J connectivity index is 1.72. The Morgan fingerprint density at radius 1 is 0.775 bits per heavy atom. The van der Waals surface area contributed by atoms with Crippen LogP contribution in [0, 0.1) is 0 Å². The number of methoxy groups -OCH3 is 1. The topological polar surface area (TPSA) is 220 Å². The van der Waals surface area contributed by atoms with Crippen LogP contribution in [0.4, 0.5) is 28.4 Å². The lowest BCUT2D eigenvalue weighted by atomic mass is 10.1. The van der Waals surface area contributed by atoms with E-state index in [1.807, 2.05) is 0 Å². The van der Waals surface area contributed by atoms with Gasteiger partial charge in [-0.05, 0) is 53.9 Å². The van der Waals surface area contributed by atoms with Crippen molar-refractivity contribution in [3.8, 4) is 17.2 Å². The third-order valence-corrected chi connectivity index (χ3v) is 7.29. The van der Waals surface area contributed by atoms with Crippen LogP contribution < -0.4 is 10.1 Å². The van der Waals surface area contributed by atoms with Crippen LogP contribution in [0.3, 0.4) is 0 Å².